The van der Waals surface area contributed by atoms with Gasteiger partial charge in [-0.1, -0.05) is 19.1 Å². The van der Waals surface area contributed by atoms with Crippen molar-refractivity contribution in [3.63, 3.8) is 0 Å². The second-order valence-corrected chi connectivity index (χ2v) is 8.19. The summed E-state index contributed by atoms with van der Waals surface area (Å²) in [4.78, 5) is 27.3. The van der Waals surface area contributed by atoms with E-state index >= 15 is 0 Å². The zero-order chi connectivity index (χ0) is 20.9. The van der Waals surface area contributed by atoms with Crippen molar-refractivity contribution in [1.82, 2.24) is 4.90 Å². The lowest BCUT2D eigenvalue weighted by molar-refractivity contribution is -0.134. The third kappa shape index (κ3) is 2.96. The van der Waals surface area contributed by atoms with Crippen LogP contribution in [0.2, 0.25) is 0 Å². The molecule has 0 amide bonds. The number of halogens is 1. The van der Waals surface area contributed by atoms with Crippen molar-refractivity contribution in [2.45, 2.75) is 51.4 Å². The number of carboxylic acid groups (broad SMARTS) is 2. The smallest absolute Gasteiger partial charge is 0.334 e. The molecular formula is C23H26FNO4. The Kier molecular flexibility index (Phi) is 4.75. The lowest BCUT2D eigenvalue weighted by atomic mass is 9.63. The van der Waals surface area contributed by atoms with E-state index in [0.29, 0.717) is 12.1 Å². The van der Waals surface area contributed by atoms with Crippen LogP contribution in [0.1, 0.15) is 51.5 Å². The second kappa shape index (κ2) is 7.01. The van der Waals surface area contributed by atoms with Gasteiger partial charge in [0.05, 0.1) is 16.6 Å². The van der Waals surface area contributed by atoms with Gasteiger partial charge in [-0.15, -0.1) is 0 Å². The number of aliphatic carboxylic acids is 2. The Labute approximate surface area is 169 Å². The molecule has 2 N–H and O–H groups in total. The van der Waals surface area contributed by atoms with Crippen molar-refractivity contribution < 1.29 is 24.2 Å². The number of carboxylic acids is 2. The summed E-state index contributed by atoms with van der Waals surface area (Å²) in [7, 11) is 0. The second-order valence-electron chi connectivity index (χ2n) is 8.19. The number of nitrogens with zero attached hydrogens (tertiary/aromatic N) is 1. The van der Waals surface area contributed by atoms with E-state index in [4.69, 9.17) is 0 Å². The summed E-state index contributed by atoms with van der Waals surface area (Å²) in [6, 6.07) is 5.65. The first-order valence-corrected chi connectivity index (χ1v) is 10.4. The van der Waals surface area contributed by atoms with Crippen LogP contribution in [0, 0.1) is 17.7 Å². The number of allylic oxidation sites excluding steroid dienone is 2. The van der Waals surface area contributed by atoms with E-state index in [0.717, 1.165) is 37.1 Å². The van der Waals surface area contributed by atoms with E-state index < -0.39 is 23.2 Å². The van der Waals surface area contributed by atoms with Gasteiger partial charge in [-0.25, -0.2) is 14.0 Å². The van der Waals surface area contributed by atoms with E-state index in [-0.39, 0.29) is 29.4 Å². The molecule has 5 nitrogen and oxygen atoms in total. The Morgan fingerprint density at radius 3 is 1.72 bits per heavy atom. The quantitative estimate of drug-likeness (QED) is 0.715. The molecule has 1 heterocycles. The molecule has 0 bridgehead atoms. The molecule has 1 aromatic carbocycles. The van der Waals surface area contributed by atoms with Crippen LogP contribution in [0.4, 0.5) is 4.39 Å². The van der Waals surface area contributed by atoms with Gasteiger partial charge in [0.1, 0.15) is 5.82 Å². The fraction of sp³-hybridized carbons (Fsp3) is 0.478. The molecule has 0 aromatic heterocycles. The maximum atomic E-state index is 13.7. The van der Waals surface area contributed by atoms with Crippen LogP contribution >= 0.6 is 0 Å². The molecule has 2 aliphatic carbocycles. The average molecular weight is 399 g/mol. The van der Waals surface area contributed by atoms with Gasteiger partial charge in [-0.2, -0.15) is 0 Å². The summed E-state index contributed by atoms with van der Waals surface area (Å²) in [6.45, 7) is 4.31. The molecule has 2 saturated carbocycles. The molecule has 1 aromatic rings. The molecule has 3 aliphatic rings. The van der Waals surface area contributed by atoms with Crippen molar-refractivity contribution in [3.05, 3.63) is 58.2 Å². The van der Waals surface area contributed by atoms with E-state index in [1.165, 1.54) is 12.1 Å². The number of hydrogen-bond donors (Lipinski definition) is 2. The summed E-state index contributed by atoms with van der Waals surface area (Å²) in [5.74, 6) is -2.35. The minimum Gasteiger partial charge on any atom is -0.478 e. The van der Waals surface area contributed by atoms with Gasteiger partial charge in [0.25, 0.3) is 0 Å². The summed E-state index contributed by atoms with van der Waals surface area (Å²) in [5.41, 5.74) is 1.06. The lowest BCUT2D eigenvalue weighted by Crippen LogP contribution is -2.47. The van der Waals surface area contributed by atoms with Gasteiger partial charge in [0.2, 0.25) is 0 Å². The van der Waals surface area contributed by atoms with Crippen molar-refractivity contribution >= 4 is 11.9 Å². The third-order valence-electron chi connectivity index (χ3n) is 6.49. The minimum atomic E-state index is -1.30. The Bertz CT molecular complexity index is 875. The van der Waals surface area contributed by atoms with Crippen molar-refractivity contribution in [3.8, 4) is 0 Å². The van der Waals surface area contributed by atoms with Gasteiger partial charge >= 0.3 is 11.9 Å². The van der Waals surface area contributed by atoms with Crippen LogP contribution in [0.3, 0.4) is 0 Å². The number of carbonyl (C=O) groups is 2. The van der Waals surface area contributed by atoms with E-state index in [9.17, 15) is 24.2 Å². The van der Waals surface area contributed by atoms with Crippen LogP contribution in [0.5, 0.6) is 0 Å². The molecule has 2 fully saturated rings. The highest BCUT2D eigenvalue weighted by Gasteiger charge is 2.56. The first-order valence-electron chi connectivity index (χ1n) is 10.4. The third-order valence-corrected chi connectivity index (χ3v) is 6.49. The Morgan fingerprint density at radius 2 is 1.41 bits per heavy atom. The maximum Gasteiger partial charge on any atom is 0.334 e. The van der Waals surface area contributed by atoms with Crippen LogP contribution in [0.25, 0.3) is 0 Å². The molecule has 6 heteroatoms. The highest BCUT2D eigenvalue weighted by molar-refractivity contribution is 6.01. The van der Waals surface area contributed by atoms with E-state index in [1.54, 1.807) is 12.1 Å². The monoisotopic (exact) mass is 399 g/mol. The predicted molar refractivity (Wildman–Crippen MR) is 106 cm³/mol. The maximum absolute atomic E-state index is 13.7. The molecule has 0 spiro atoms. The highest BCUT2D eigenvalue weighted by Crippen LogP contribution is 2.57. The van der Waals surface area contributed by atoms with E-state index in [1.807, 2.05) is 18.7 Å². The van der Waals surface area contributed by atoms with E-state index in [2.05, 4.69) is 0 Å². The van der Waals surface area contributed by atoms with Crippen molar-refractivity contribution in [1.29, 1.82) is 0 Å². The fourth-order valence-corrected chi connectivity index (χ4v) is 5.03. The summed E-state index contributed by atoms with van der Waals surface area (Å²) in [5, 5.41) is 20.7. The largest absolute Gasteiger partial charge is 0.478 e. The molecule has 1 aliphatic heterocycles. The zero-order valence-electron chi connectivity index (χ0n) is 16.7. The molecular weight excluding hydrogens is 373 g/mol. The molecule has 0 radical (unpaired) electrons. The van der Waals surface area contributed by atoms with Crippen LogP contribution < -0.4 is 0 Å². The normalized spacial score (nSPS) is 21.6. The zero-order valence-corrected chi connectivity index (χ0v) is 16.7. The van der Waals surface area contributed by atoms with Gasteiger partial charge in [-0.05, 0) is 68.6 Å². The number of rotatable bonds is 7. The fourth-order valence-electron chi connectivity index (χ4n) is 5.03. The number of hydrogen-bond acceptors (Lipinski definition) is 3. The molecule has 0 saturated heterocycles. The highest BCUT2D eigenvalue weighted by atomic mass is 19.1. The summed E-state index contributed by atoms with van der Waals surface area (Å²) in [6.07, 6.45) is 3.92. The number of benzene rings is 1. The first kappa shape index (κ1) is 19.7. The average Bonchev–Trinajstić information content (AvgIpc) is 3.58. The van der Waals surface area contributed by atoms with Crippen LogP contribution in [-0.4, -0.2) is 33.6 Å². The topological polar surface area (TPSA) is 77.8 Å². The Balaban J connectivity index is 2.11. The van der Waals surface area contributed by atoms with Crippen molar-refractivity contribution in [2.75, 3.05) is 6.54 Å². The minimum absolute atomic E-state index is 0.136. The lowest BCUT2D eigenvalue weighted by Gasteiger charge is -2.46. The summed E-state index contributed by atoms with van der Waals surface area (Å²) < 4.78 is 13.7. The molecule has 0 atom stereocenters. The molecule has 0 unspecified atom stereocenters. The van der Waals surface area contributed by atoms with Crippen molar-refractivity contribution in [2.24, 2.45) is 11.8 Å². The molecule has 4 rings (SSSR count). The first-order chi connectivity index (χ1) is 13.9. The predicted octanol–water partition coefficient (Wildman–Crippen LogP) is 4.31. The summed E-state index contributed by atoms with van der Waals surface area (Å²) >= 11 is 0. The molecule has 29 heavy (non-hydrogen) atoms. The van der Waals surface area contributed by atoms with Crippen LogP contribution in [0.15, 0.2) is 46.8 Å². The molecule has 154 valence electrons. The standard InChI is InChI=1S/C23H26FNO4/c1-3-23(15-9-11-16(24)12-10-15)17(21(26)27)19(13-5-6-13)25(4-2)20(14-7-8-14)18(23)22(28)29/h9-14H,3-8H2,1-2H3,(H,26,27)(H,28,29). The van der Waals surface area contributed by atoms with Gasteiger partial charge in [0, 0.05) is 17.9 Å². The van der Waals surface area contributed by atoms with Gasteiger partial charge < -0.3 is 15.1 Å². The Morgan fingerprint density at radius 1 is 0.966 bits per heavy atom. The van der Waals surface area contributed by atoms with Crippen LogP contribution in [-0.2, 0) is 15.0 Å². The SMILES string of the molecule is CCN1C(C2CC2)=C(C(=O)O)C(CC)(c2ccc(F)cc2)C(C(=O)O)=C1C1CC1. The Hall–Kier alpha value is -2.63. The van der Waals surface area contributed by atoms with Gasteiger partial charge in [0.15, 0.2) is 0 Å². The van der Waals surface area contributed by atoms with Gasteiger partial charge in [-0.3, -0.25) is 0 Å².